The van der Waals surface area contributed by atoms with E-state index in [1.165, 1.54) is 0 Å². The van der Waals surface area contributed by atoms with Crippen molar-refractivity contribution in [2.45, 2.75) is 57.3 Å². The number of aliphatic hydroxyl groups is 1. The fourth-order valence-electron chi connectivity index (χ4n) is 4.34. The summed E-state index contributed by atoms with van der Waals surface area (Å²) in [5.41, 5.74) is 1.44. The lowest BCUT2D eigenvalue weighted by molar-refractivity contribution is 0.0964. The van der Waals surface area contributed by atoms with Crippen molar-refractivity contribution in [1.82, 2.24) is 25.1 Å². The summed E-state index contributed by atoms with van der Waals surface area (Å²) in [6.07, 6.45) is 2.50. The van der Waals surface area contributed by atoms with Crippen molar-refractivity contribution in [3.63, 3.8) is 0 Å². The van der Waals surface area contributed by atoms with E-state index in [4.69, 9.17) is 0 Å². The Morgan fingerprint density at radius 2 is 2.00 bits per heavy atom. The number of amides is 1. The lowest BCUT2D eigenvalue weighted by atomic mass is 9.97. The number of aliphatic hydroxyl groups excluding tert-OH is 1. The van der Waals surface area contributed by atoms with Crippen molar-refractivity contribution in [2.24, 2.45) is 0 Å². The van der Waals surface area contributed by atoms with Crippen molar-refractivity contribution >= 4 is 23.7 Å². The molecular weight excluding hydrogens is 362 g/mol. The average molecular weight is 387 g/mol. The Balaban J connectivity index is 1.55. The number of anilines is 3. The molecule has 2 aliphatic heterocycles. The molecule has 4 rings (SSSR count). The van der Waals surface area contributed by atoms with Gasteiger partial charge in [0.2, 0.25) is 5.95 Å². The van der Waals surface area contributed by atoms with Crippen LogP contribution in [0.3, 0.4) is 0 Å². The highest BCUT2D eigenvalue weighted by Gasteiger charge is 2.44. The maximum atomic E-state index is 11.5. The standard InChI is InChI=1S/C18H25N7O3/c1-10-5-16(23-22-10)20-15-6-11(9-26)19-17(21-15)24(2)14-7-12-3-4-13(8-14)25(12)18(27)28/h5-6,12-14,26H,3-4,7-9H2,1-2H3,(H,27,28)(H2,19,20,21,22,23). The van der Waals surface area contributed by atoms with Crippen molar-refractivity contribution in [1.29, 1.82) is 0 Å². The number of nitrogens with one attached hydrogen (secondary N) is 2. The molecule has 0 aliphatic carbocycles. The maximum Gasteiger partial charge on any atom is 0.407 e. The van der Waals surface area contributed by atoms with Crippen LogP contribution >= 0.6 is 0 Å². The number of aromatic nitrogens is 4. The first-order valence-corrected chi connectivity index (χ1v) is 9.46. The number of aryl methyl sites for hydroxylation is 1. The zero-order chi connectivity index (χ0) is 19.8. The third kappa shape index (κ3) is 3.47. The summed E-state index contributed by atoms with van der Waals surface area (Å²) >= 11 is 0. The van der Waals surface area contributed by atoms with Gasteiger partial charge in [-0.15, -0.1) is 0 Å². The van der Waals surface area contributed by atoms with Gasteiger partial charge in [0.05, 0.1) is 12.3 Å². The molecule has 10 heteroatoms. The van der Waals surface area contributed by atoms with Crippen LogP contribution < -0.4 is 10.2 Å². The lowest BCUT2D eigenvalue weighted by Crippen LogP contribution is -2.51. The van der Waals surface area contributed by atoms with Crippen LogP contribution in [0.1, 0.15) is 37.1 Å². The summed E-state index contributed by atoms with van der Waals surface area (Å²) in [7, 11) is 1.93. The van der Waals surface area contributed by atoms with Gasteiger partial charge in [-0.3, -0.25) is 5.10 Å². The third-order valence-electron chi connectivity index (χ3n) is 5.68. The number of hydrogen-bond acceptors (Lipinski definition) is 7. The highest BCUT2D eigenvalue weighted by atomic mass is 16.4. The largest absolute Gasteiger partial charge is 0.465 e. The van der Waals surface area contributed by atoms with Gasteiger partial charge in [-0.1, -0.05) is 0 Å². The van der Waals surface area contributed by atoms with E-state index in [1.807, 2.05) is 24.9 Å². The number of aromatic amines is 1. The van der Waals surface area contributed by atoms with E-state index < -0.39 is 6.09 Å². The lowest BCUT2D eigenvalue weighted by Gasteiger charge is -2.40. The molecule has 4 N–H and O–H groups in total. The van der Waals surface area contributed by atoms with Crippen LogP contribution in [-0.2, 0) is 6.61 Å². The number of hydrogen-bond donors (Lipinski definition) is 4. The summed E-state index contributed by atoms with van der Waals surface area (Å²) < 4.78 is 0. The summed E-state index contributed by atoms with van der Waals surface area (Å²) in [5.74, 6) is 1.70. The molecule has 4 heterocycles. The zero-order valence-electron chi connectivity index (χ0n) is 16.0. The molecular formula is C18H25N7O3. The minimum Gasteiger partial charge on any atom is -0.465 e. The highest BCUT2D eigenvalue weighted by Crippen LogP contribution is 2.38. The monoisotopic (exact) mass is 387 g/mol. The van der Waals surface area contributed by atoms with Gasteiger partial charge in [0.25, 0.3) is 0 Å². The van der Waals surface area contributed by atoms with Gasteiger partial charge in [-0.05, 0) is 32.6 Å². The Morgan fingerprint density at radius 1 is 1.29 bits per heavy atom. The van der Waals surface area contributed by atoms with Crippen molar-refractivity contribution in [3.05, 3.63) is 23.5 Å². The molecule has 10 nitrogen and oxygen atoms in total. The van der Waals surface area contributed by atoms with E-state index in [0.29, 0.717) is 23.3 Å². The van der Waals surface area contributed by atoms with Crippen LogP contribution in [0.15, 0.2) is 12.1 Å². The second-order valence-electron chi connectivity index (χ2n) is 7.57. The smallest absolute Gasteiger partial charge is 0.407 e. The first-order chi connectivity index (χ1) is 13.4. The molecule has 2 fully saturated rings. The van der Waals surface area contributed by atoms with Gasteiger partial charge in [-0.25, -0.2) is 9.78 Å². The second kappa shape index (κ2) is 7.27. The Bertz CT molecular complexity index is 857. The molecule has 2 aromatic rings. The molecule has 150 valence electrons. The van der Waals surface area contributed by atoms with Crippen LogP contribution in [0.25, 0.3) is 0 Å². The molecule has 2 aromatic heterocycles. The van der Waals surface area contributed by atoms with E-state index >= 15 is 0 Å². The molecule has 0 saturated carbocycles. The third-order valence-corrected chi connectivity index (χ3v) is 5.68. The van der Waals surface area contributed by atoms with Crippen LogP contribution in [-0.4, -0.2) is 66.5 Å². The quantitative estimate of drug-likeness (QED) is 0.611. The first kappa shape index (κ1) is 18.5. The predicted octanol–water partition coefficient (Wildman–Crippen LogP) is 1.85. The number of carbonyl (C=O) groups is 1. The van der Waals surface area contributed by atoms with E-state index in [9.17, 15) is 15.0 Å². The number of fused-ring (bicyclic) bond motifs is 2. The molecule has 1 amide bonds. The summed E-state index contributed by atoms with van der Waals surface area (Å²) in [6, 6.07) is 3.81. The zero-order valence-corrected chi connectivity index (χ0v) is 16.0. The molecule has 0 spiro atoms. The number of carboxylic acid groups (broad SMARTS) is 1. The highest BCUT2D eigenvalue weighted by molar-refractivity contribution is 5.66. The van der Waals surface area contributed by atoms with Gasteiger partial charge in [0.1, 0.15) is 5.82 Å². The van der Waals surface area contributed by atoms with Gasteiger partial charge >= 0.3 is 6.09 Å². The number of piperidine rings is 1. The minimum atomic E-state index is -0.826. The molecule has 2 bridgehead atoms. The normalized spacial score (nSPS) is 23.7. The summed E-state index contributed by atoms with van der Waals surface area (Å²) in [4.78, 5) is 24.2. The molecule has 2 aliphatic rings. The topological polar surface area (TPSA) is 130 Å². The molecule has 2 unspecified atom stereocenters. The van der Waals surface area contributed by atoms with E-state index in [1.54, 1.807) is 11.0 Å². The molecule has 28 heavy (non-hydrogen) atoms. The Hall–Kier alpha value is -2.88. The first-order valence-electron chi connectivity index (χ1n) is 9.46. The number of nitrogens with zero attached hydrogens (tertiary/aromatic N) is 5. The van der Waals surface area contributed by atoms with Crippen LogP contribution in [0.5, 0.6) is 0 Å². The van der Waals surface area contributed by atoms with Crippen LogP contribution in [0, 0.1) is 6.92 Å². The van der Waals surface area contributed by atoms with Gasteiger partial charge in [0.15, 0.2) is 5.82 Å². The molecule has 2 atom stereocenters. The van der Waals surface area contributed by atoms with Gasteiger partial charge < -0.3 is 25.3 Å². The Morgan fingerprint density at radius 3 is 2.57 bits per heavy atom. The molecule has 0 aromatic carbocycles. The molecule has 0 radical (unpaired) electrons. The predicted molar refractivity (Wildman–Crippen MR) is 103 cm³/mol. The van der Waals surface area contributed by atoms with Crippen LogP contribution in [0.4, 0.5) is 22.4 Å². The SMILES string of the molecule is Cc1cc(Nc2cc(CO)nc(N(C)C3CC4CCC(C3)N4C(=O)O)n2)n[nH]1. The minimum absolute atomic E-state index is 0.0503. The van der Waals surface area contributed by atoms with E-state index in [2.05, 4.69) is 25.5 Å². The number of rotatable bonds is 5. The van der Waals surface area contributed by atoms with Crippen molar-refractivity contribution in [2.75, 3.05) is 17.3 Å². The summed E-state index contributed by atoms with van der Waals surface area (Å²) in [5, 5.41) is 29.2. The van der Waals surface area contributed by atoms with Gasteiger partial charge in [-0.2, -0.15) is 10.1 Å². The van der Waals surface area contributed by atoms with Crippen LogP contribution in [0.2, 0.25) is 0 Å². The van der Waals surface area contributed by atoms with E-state index in [0.717, 1.165) is 31.4 Å². The average Bonchev–Trinajstić information content (AvgIpc) is 3.20. The Kier molecular flexibility index (Phi) is 4.80. The van der Waals surface area contributed by atoms with Crippen molar-refractivity contribution < 1.29 is 15.0 Å². The Labute approximate surface area is 162 Å². The maximum absolute atomic E-state index is 11.5. The van der Waals surface area contributed by atoms with Gasteiger partial charge in [0, 0.05) is 43.0 Å². The fraction of sp³-hybridized carbons (Fsp3) is 0.556. The second-order valence-corrected chi connectivity index (χ2v) is 7.57. The number of H-pyrrole nitrogens is 1. The summed E-state index contributed by atoms with van der Waals surface area (Å²) in [6.45, 7) is 1.72. The van der Waals surface area contributed by atoms with Crippen molar-refractivity contribution in [3.8, 4) is 0 Å². The molecule has 2 saturated heterocycles. The van der Waals surface area contributed by atoms with E-state index in [-0.39, 0.29) is 24.7 Å². The fourth-order valence-corrected chi connectivity index (χ4v) is 4.34.